The minimum atomic E-state index is -0.331. The lowest BCUT2D eigenvalue weighted by molar-refractivity contribution is -0.128. The molecule has 0 spiro atoms. The molecule has 178 valence electrons. The van der Waals surface area contributed by atoms with Gasteiger partial charge in [-0.15, -0.1) is 0 Å². The van der Waals surface area contributed by atoms with Crippen LogP contribution in [0.2, 0.25) is 5.02 Å². The number of benzene rings is 2. The number of aromatic nitrogens is 2. The lowest BCUT2D eigenvalue weighted by Gasteiger charge is -2.39. The molecular weight excluding hydrogens is 452 g/mol. The van der Waals surface area contributed by atoms with E-state index in [0.717, 1.165) is 42.7 Å². The number of carbonyl (C=O) groups is 1. The maximum Gasteiger partial charge on any atom is 0.241 e. The number of nitrogens with one attached hydrogen (secondary N) is 1. The van der Waals surface area contributed by atoms with Gasteiger partial charge in [-0.25, -0.2) is 0 Å². The Hall–Kier alpha value is -2.90. The van der Waals surface area contributed by atoms with Gasteiger partial charge in [0.05, 0.1) is 23.5 Å². The molecule has 1 N–H and O–H groups in total. The third kappa shape index (κ3) is 4.95. The van der Waals surface area contributed by atoms with Gasteiger partial charge in [0.2, 0.25) is 17.6 Å². The zero-order chi connectivity index (χ0) is 23.7. The first-order chi connectivity index (χ1) is 16.4. The number of ether oxygens (including phenoxy) is 1. The largest absolute Gasteiger partial charge is 0.487 e. The van der Waals surface area contributed by atoms with E-state index in [1.807, 2.05) is 42.5 Å². The maximum absolute atomic E-state index is 13.3. The van der Waals surface area contributed by atoms with Crippen molar-refractivity contribution in [3.8, 4) is 17.1 Å². The number of hydrogen-bond donors (Lipinski definition) is 1. The van der Waals surface area contributed by atoms with Crippen LogP contribution in [0.4, 0.5) is 0 Å². The SMILES string of the molecule is CC1(C)CC(NC(=O)C2CCCN(Cc3nc(-c4ccccc4Cl)no3)C2)c2ccccc2O1. The Morgan fingerprint density at radius 3 is 2.85 bits per heavy atom. The van der Waals surface area contributed by atoms with E-state index in [-0.39, 0.29) is 23.5 Å². The van der Waals surface area contributed by atoms with E-state index in [0.29, 0.717) is 29.8 Å². The molecule has 2 unspecified atom stereocenters. The average Bonchev–Trinajstić information content (AvgIpc) is 3.27. The molecule has 2 atom stereocenters. The van der Waals surface area contributed by atoms with Crippen LogP contribution in [-0.4, -0.2) is 39.6 Å². The summed E-state index contributed by atoms with van der Waals surface area (Å²) >= 11 is 6.26. The van der Waals surface area contributed by atoms with Crippen LogP contribution in [0.15, 0.2) is 53.1 Å². The van der Waals surface area contributed by atoms with Crippen molar-refractivity contribution in [2.24, 2.45) is 5.92 Å². The zero-order valence-corrected chi connectivity index (χ0v) is 20.2. The Labute approximate surface area is 204 Å². The van der Waals surface area contributed by atoms with Crippen LogP contribution in [0, 0.1) is 5.92 Å². The van der Waals surface area contributed by atoms with Crippen LogP contribution >= 0.6 is 11.6 Å². The molecule has 7 nitrogen and oxygen atoms in total. The van der Waals surface area contributed by atoms with Crippen LogP contribution in [0.3, 0.4) is 0 Å². The van der Waals surface area contributed by atoms with Crippen molar-refractivity contribution in [3.63, 3.8) is 0 Å². The van der Waals surface area contributed by atoms with Crippen molar-refractivity contribution in [2.75, 3.05) is 13.1 Å². The molecule has 5 rings (SSSR count). The zero-order valence-electron chi connectivity index (χ0n) is 19.5. The standard InChI is InChI=1S/C26H29ClN4O3/c1-26(2)14-21(19-10-4-6-12-22(19)33-26)28-25(32)17-8-7-13-31(15-17)16-23-29-24(30-34-23)18-9-3-5-11-20(18)27/h3-6,9-12,17,21H,7-8,13-16H2,1-2H3,(H,28,32). The van der Waals surface area contributed by atoms with E-state index < -0.39 is 0 Å². The molecule has 8 heteroatoms. The number of halogens is 1. The minimum absolute atomic E-state index is 0.0584. The number of fused-ring (bicyclic) bond motifs is 1. The fraction of sp³-hybridized carbons (Fsp3) is 0.423. The molecule has 2 aliphatic rings. The Kier molecular flexibility index (Phi) is 6.32. The summed E-state index contributed by atoms with van der Waals surface area (Å²) in [7, 11) is 0. The summed E-state index contributed by atoms with van der Waals surface area (Å²) in [5, 5.41) is 7.98. The van der Waals surface area contributed by atoms with Crippen LogP contribution in [-0.2, 0) is 11.3 Å². The molecule has 3 heterocycles. The topological polar surface area (TPSA) is 80.5 Å². The lowest BCUT2D eigenvalue weighted by atomic mass is 9.88. The molecule has 34 heavy (non-hydrogen) atoms. The normalized spacial score (nSPS) is 22.0. The summed E-state index contributed by atoms with van der Waals surface area (Å²) in [4.78, 5) is 20.0. The number of carbonyl (C=O) groups excluding carboxylic acids is 1. The molecule has 3 aromatic rings. The minimum Gasteiger partial charge on any atom is -0.487 e. The molecule has 0 aliphatic carbocycles. The van der Waals surface area contributed by atoms with E-state index in [1.54, 1.807) is 6.07 Å². The first kappa shape index (κ1) is 22.9. The van der Waals surface area contributed by atoms with E-state index >= 15 is 0 Å². The number of piperidine rings is 1. The maximum atomic E-state index is 13.3. The van der Waals surface area contributed by atoms with E-state index in [4.69, 9.17) is 20.9 Å². The monoisotopic (exact) mass is 480 g/mol. The van der Waals surface area contributed by atoms with Gasteiger partial charge in [0.15, 0.2) is 0 Å². The number of nitrogens with zero attached hydrogens (tertiary/aromatic N) is 3. The van der Waals surface area contributed by atoms with Crippen molar-refractivity contribution in [1.82, 2.24) is 20.4 Å². The van der Waals surface area contributed by atoms with Crippen molar-refractivity contribution in [3.05, 3.63) is 65.0 Å². The molecule has 2 aliphatic heterocycles. The molecule has 0 radical (unpaired) electrons. The van der Waals surface area contributed by atoms with Crippen molar-refractivity contribution >= 4 is 17.5 Å². The van der Waals surface area contributed by atoms with Gasteiger partial charge in [-0.3, -0.25) is 9.69 Å². The third-order valence-corrected chi connectivity index (χ3v) is 6.84. The average molecular weight is 481 g/mol. The predicted molar refractivity (Wildman–Crippen MR) is 129 cm³/mol. The van der Waals surface area contributed by atoms with Gasteiger partial charge in [-0.05, 0) is 51.4 Å². The Bertz CT molecular complexity index is 1180. The smallest absolute Gasteiger partial charge is 0.241 e. The van der Waals surface area contributed by atoms with E-state index in [1.165, 1.54) is 0 Å². The van der Waals surface area contributed by atoms with Gasteiger partial charge in [0, 0.05) is 24.1 Å². The quantitative estimate of drug-likeness (QED) is 0.552. The van der Waals surface area contributed by atoms with Gasteiger partial charge in [-0.2, -0.15) is 4.98 Å². The van der Waals surface area contributed by atoms with Gasteiger partial charge < -0.3 is 14.6 Å². The van der Waals surface area contributed by atoms with Crippen molar-refractivity contribution in [1.29, 1.82) is 0 Å². The molecule has 0 saturated carbocycles. The summed E-state index contributed by atoms with van der Waals surface area (Å²) in [5.41, 5.74) is 1.46. The first-order valence-electron chi connectivity index (χ1n) is 11.8. The van der Waals surface area contributed by atoms with Crippen LogP contribution < -0.4 is 10.1 Å². The number of likely N-dealkylation sites (tertiary alicyclic amines) is 1. The van der Waals surface area contributed by atoms with E-state index in [9.17, 15) is 4.79 Å². The lowest BCUT2D eigenvalue weighted by Crippen LogP contribution is -2.46. The summed E-state index contributed by atoms with van der Waals surface area (Å²) < 4.78 is 11.6. The van der Waals surface area contributed by atoms with Crippen LogP contribution in [0.25, 0.3) is 11.4 Å². The molecule has 1 aromatic heterocycles. The molecule has 1 saturated heterocycles. The first-order valence-corrected chi connectivity index (χ1v) is 12.1. The third-order valence-electron chi connectivity index (χ3n) is 6.51. The fourth-order valence-corrected chi connectivity index (χ4v) is 5.12. The Morgan fingerprint density at radius 2 is 2.00 bits per heavy atom. The summed E-state index contributed by atoms with van der Waals surface area (Å²) in [6, 6.07) is 15.3. The predicted octanol–water partition coefficient (Wildman–Crippen LogP) is 5.02. The summed E-state index contributed by atoms with van der Waals surface area (Å²) in [5.74, 6) is 1.85. The van der Waals surface area contributed by atoms with Gasteiger partial charge in [0.1, 0.15) is 11.4 Å². The summed E-state index contributed by atoms with van der Waals surface area (Å²) in [6.07, 6.45) is 2.55. The van der Waals surface area contributed by atoms with E-state index in [2.05, 4.69) is 34.2 Å². The highest BCUT2D eigenvalue weighted by Crippen LogP contribution is 2.39. The highest BCUT2D eigenvalue weighted by molar-refractivity contribution is 6.33. The second-order valence-electron chi connectivity index (χ2n) is 9.73. The Balaban J connectivity index is 1.23. The highest BCUT2D eigenvalue weighted by Gasteiger charge is 2.36. The number of rotatable bonds is 5. The van der Waals surface area contributed by atoms with Crippen LogP contribution in [0.1, 0.15) is 50.6 Å². The van der Waals surface area contributed by atoms with Crippen molar-refractivity contribution < 1.29 is 14.1 Å². The molecular formula is C26H29ClN4O3. The van der Waals surface area contributed by atoms with Gasteiger partial charge in [0.25, 0.3) is 0 Å². The van der Waals surface area contributed by atoms with Gasteiger partial charge >= 0.3 is 0 Å². The van der Waals surface area contributed by atoms with Crippen molar-refractivity contribution in [2.45, 2.75) is 51.3 Å². The number of para-hydroxylation sites is 1. The molecule has 1 fully saturated rings. The molecule has 1 amide bonds. The second kappa shape index (κ2) is 9.39. The second-order valence-corrected chi connectivity index (χ2v) is 10.1. The van der Waals surface area contributed by atoms with Crippen LogP contribution in [0.5, 0.6) is 5.75 Å². The molecule has 2 aromatic carbocycles. The van der Waals surface area contributed by atoms with Gasteiger partial charge in [-0.1, -0.05) is 47.1 Å². The number of hydrogen-bond acceptors (Lipinski definition) is 6. The fourth-order valence-electron chi connectivity index (χ4n) is 4.90. The summed E-state index contributed by atoms with van der Waals surface area (Å²) in [6.45, 7) is 6.18. The highest BCUT2D eigenvalue weighted by atomic mass is 35.5. The Morgan fingerprint density at radius 1 is 1.21 bits per heavy atom. The number of amides is 1. The molecule has 0 bridgehead atoms.